The second-order valence-corrected chi connectivity index (χ2v) is 9.71. The maximum absolute atomic E-state index is 15.4. The number of aromatic amines is 1. The van der Waals surface area contributed by atoms with Gasteiger partial charge in [-0.15, -0.1) is 11.3 Å². The van der Waals surface area contributed by atoms with Crippen molar-refractivity contribution in [3.8, 4) is 17.2 Å². The van der Waals surface area contributed by atoms with Crippen LogP contribution in [0, 0.1) is 17.5 Å². The third kappa shape index (κ3) is 4.62. The molecule has 13 heteroatoms. The number of carboxylic acids is 1. The quantitative estimate of drug-likeness (QED) is 0.311. The first-order valence-corrected chi connectivity index (χ1v) is 12.8. The lowest BCUT2D eigenvalue weighted by molar-refractivity contribution is 0.0704. The molecule has 1 aliphatic carbocycles. The molecule has 2 aromatic carbocycles. The molecule has 0 atom stereocenters. The SMILES string of the molecule is CCOc1ccc(F)c(F)c1CN(c1cc(-n2c(=O)[nH]c3csc(C(=O)O)c3c2=O)c(F)cc1OC)C1CC1. The standard InChI is InChI=1S/C26H22F3N3O6S/c1-3-38-19-7-6-14(27)22(29)13(19)10-31(12-4-5-12)18-9-17(15(28)8-20(18)37-2)32-24(33)21-16(30-26(32)36)11-39-23(21)25(34)35/h6-9,11-12H,3-5,10H2,1-2H3,(H,30,36)(H,34,35). The molecule has 0 amide bonds. The minimum Gasteiger partial charge on any atom is -0.494 e. The van der Waals surface area contributed by atoms with Gasteiger partial charge in [0.05, 0.1) is 48.1 Å². The van der Waals surface area contributed by atoms with Crippen LogP contribution in [0.25, 0.3) is 16.6 Å². The number of aromatic carboxylic acids is 1. The molecule has 2 heterocycles. The van der Waals surface area contributed by atoms with E-state index in [-0.39, 0.29) is 57.7 Å². The highest BCUT2D eigenvalue weighted by atomic mass is 32.1. The fourth-order valence-corrected chi connectivity index (χ4v) is 5.31. The van der Waals surface area contributed by atoms with Gasteiger partial charge in [-0.25, -0.2) is 27.3 Å². The predicted molar refractivity (Wildman–Crippen MR) is 138 cm³/mol. The maximum atomic E-state index is 15.4. The van der Waals surface area contributed by atoms with E-state index >= 15 is 4.39 Å². The van der Waals surface area contributed by atoms with Crippen LogP contribution >= 0.6 is 11.3 Å². The van der Waals surface area contributed by atoms with Crippen molar-refractivity contribution >= 4 is 33.9 Å². The molecule has 1 fully saturated rings. The molecular formula is C26H22F3N3O6S. The smallest absolute Gasteiger partial charge is 0.346 e. The molecule has 9 nitrogen and oxygen atoms in total. The van der Waals surface area contributed by atoms with E-state index in [1.54, 1.807) is 11.8 Å². The summed E-state index contributed by atoms with van der Waals surface area (Å²) in [6.07, 6.45) is 1.39. The van der Waals surface area contributed by atoms with E-state index < -0.39 is 40.4 Å². The van der Waals surface area contributed by atoms with Gasteiger partial charge >= 0.3 is 11.7 Å². The molecule has 0 aliphatic heterocycles. The van der Waals surface area contributed by atoms with Crippen LogP contribution in [-0.2, 0) is 6.54 Å². The van der Waals surface area contributed by atoms with Crippen molar-refractivity contribution in [2.24, 2.45) is 0 Å². The lowest BCUT2D eigenvalue weighted by atomic mass is 10.1. The summed E-state index contributed by atoms with van der Waals surface area (Å²) in [6, 6.07) is 4.33. The summed E-state index contributed by atoms with van der Waals surface area (Å²) in [5.74, 6) is -4.34. The number of methoxy groups -OCH3 is 1. The number of aromatic nitrogens is 2. The van der Waals surface area contributed by atoms with E-state index in [0.29, 0.717) is 17.4 Å². The molecule has 0 saturated heterocycles. The van der Waals surface area contributed by atoms with Crippen molar-refractivity contribution in [3.05, 3.63) is 78.4 Å². The van der Waals surface area contributed by atoms with Gasteiger partial charge in [0, 0.05) is 17.5 Å². The topological polar surface area (TPSA) is 114 Å². The summed E-state index contributed by atoms with van der Waals surface area (Å²) in [6.45, 7) is 1.73. The molecule has 0 bridgehead atoms. The monoisotopic (exact) mass is 561 g/mol. The lowest BCUT2D eigenvalue weighted by Gasteiger charge is -2.28. The number of benzene rings is 2. The minimum absolute atomic E-state index is 0.0161. The first-order valence-electron chi connectivity index (χ1n) is 11.9. The van der Waals surface area contributed by atoms with E-state index in [2.05, 4.69) is 4.98 Å². The van der Waals surface area contributed by atoms with Crippen molar-refractivity contribution in [1.82, 2.24) is 9.55 Å². The number of hydrogen-bond donors (Lipinski definition) is 2. The number of nitrogens with one attached hydrogen (secondary N) is 1. The largest absolute Gasteiger partial charge is 0.494 e. The average molecular weight is 562 g/mol. The van der Waals surface area contributed by atoms with E-state index in [1.165, 1.54) is 24.6 Å². The average Bonchev–Trinajstić information content (AvgIpc) is 3.65. The van der Waals surface area contributed by atoms with Gasteiger partial charge in [0.2, 0.25) is 0 Å². The predicted octanol–water partition coefficient (Wildman–Crippen LogP) is 4.43. The van der Waals surface area contributed by atoms with E-state index in [9.17, 15) is 28.3 Å². The molecule has 5 rings (SSSR count). The van der Waals surface area contributed by atoms with Crippen molar-refractivity contribution in [1.29, 1.82) is 0 Å². The second kappa shape index (κ2) is 10.1. The summed E-state index contributed by atoms with van der Waals surface area (Å²) < 4.78 is 55.9. The Hall–Kier alpha value is -4.26. The van der Waals surface area contributed by atoms with Gasteiger partial charge in [0.15, 0.2) is 17.5 Å². The van der Waals surface area contributed by atoms with Crippen LogP contribution in [0.1, 0.15) is 35.0 Å². The number of carbonyl (C=O) groups is 1. The molecule has 2 N–H and O–H groups in total. The van der Waals surface area contributed by atoms with E-state index in [0.717, 1.165) is 23.5 Å². The Balaban J connectivity index is 1.70. The summed E-state index contributed by atoms with van der Waals surface area (Å²) in [5, 5.41) is 10.5. The number of fused-ring (bicyclic) bond motifs is 1. The number of ether oxygens (including phenoxy) is 2. The zero-order valence-corrected chi connectivity index (χ0v) is 21.5. The summed E-state index contributed by atoms with van der Waals surface area (Å²) >= 11 is 0.754. The Morgan fingerprint density at radius 2 is 1.92 bits per heavy atom. The van der Waals surface area contributed by atoms with Gasteiger partial charge in [-0.1, -0.05) is 0 Å². The fraction of sp³-hybridized carbons (Fsp3) is 0.269. The molecule has 2 aromatic heterocycles. The maximum Gasteiger partial charge on any atom is 0.346 e. The van der Waals surface area contributed by atoms with E-state index in [1.807, 2.05) is 0 Å². The van der Waals surface area contributed by atoms with Crippen LogP contribution in [0.4, 0.5) is 18.9 Å². The van der Waals surface area contributed by atoms with Gasteiger partial charge in [0.1, 0.15) is 16.4 Å². The second-order valence-electron chi connectivity index (χ2n) is 8.83. The van der Waals surface area contributed by atoms with Crippen molar-refractivity contribution in [3.63, 3.8) is 0 Å². The van der Waals surface area contributed by atoms with Crippen LogP contribution in [0.15, 0.2) is 39.2 Å². The molecule has 4 aromatic rings. The van der Waals surface area contributed by atoms with Crippen LogP contribution in [0.3, 0.4) is 0 Å². The summed E-state index contributed by atoms with van der Waals surface area (Å²) in [7, 11) is 1.30. The first-order chi connectivity index (χ1) is 18.7. The Kier molecular flexibility index (Phi) is 6.85. The van der Waals surface area contributed by atoms with Gasteiger partial charge < -0.3 is 24.5 Å². The number of carboxylic acid groups (broad SMARTS) is 1. The number of nitrogens with zero attached hydrogens (tertiary/aromatic N) is 2. The number of halogens is 3. The molecular weight excluding hydrogens is 539 g/mol. The molecule has 0 spiro atoms. The van der Waals surface area contributed by atoms with Crippen LogP contribution in [-0.4, -0.2) is 40.4 Å². The Labute approximate surface area is 222 Å². The molecule has 39 heavy (non-hydrogen) atoms. The highest BCUT2D eigenvalue weighted by Gasteiger charge is 2.34. The van der Waals surface area contributed by atoms with Crippen LogP contribution < -0.4 is 25.6 Å². The summed E-state index contributed by atoms with van der Waals surface area (Å²) in [4.78, 5) is 41.7. The van der Waals surface area contributed by atoms with Crippen LogP contribution in [0.5, 0.6) is 11.5 Å². The Morgan fingerprint density at radius 1 is 1.18 bits per heavy atom. The van der Waals surface area contributed by atoms with Gasteiger partial charge in [0.25, 0.3) is 5.56 Å². The van der Waals surface area contributed by atoms with Gasteiger partial charge in [-0.2, -0.15) is 0 Å². The minimum atomic E-state index is -1.37. The normalized spacial score (nSPS) is 13.1. The third-order valence-electron chi connectivity index (χ3n) is 6.41. The van der Waals surface area contributed by atoms with Crippen molar-refractivity contribution in [2.45, 2.75) is 32.4 Å². The van der Waals surface area contributed by atoms with E-state index in [4.69, 9.17) is 9.47 Å². The highest BCUT2D eigenvalue weighted by Crippen LogP contribution is 2.41. The zero-order valence-electron chi connectivity index (χ0n) is 20.7. The lowest BCUT2D eigenvalue weighted by Crippen LogP contribution is -2.35. The number of H-pyrrole nitrogens is 1. The Morgan fingerprint density at radius 3 is 2.56 bits per heavy atom. The van der Waals surface area contributed by atoms with Gasteiger partial charge in [-0.3, -0.25) is 4.79 Å². The number of thiophene rings is 1. The molecule has 0 unspecified atom stereocenters. The molecule has 0 radical (unpaired) electrons. The number of anilines is 1. The van der Waals surface area contributed by atoms with Crippen molar-refractivity contribution < 1.29 is 32.5 Å². The highest BCUT2D eigenvalue weighted by molar-refractivity contribution is 7.13. The summed E-state index contributed by atoms with van der Waals surface area (Å²) in [5.41, 5.74) is -2.28. The van der Waals surface area contributed by atoms with Crippen molar-refractivity contribution in [2.75, 3.05) is 18.6 Å². The third-order valence-corrected chi connectivity index (χ3v) is 7.38. The molecule has 204 valence electrons. The Bertz CT molecular complexity index is 1730. The molecule has 1 aliphatic rings. The zero-order chi connectivity index (χ0) is 28.0. The van der Waals surface area contributed by atoms with Crippen LogP contribution in [0.2, 0.25) is 0 Å². The fourth-order valence-electron chi connectivity index (χ4n) is 4.49. The molecule has 1 saturated carbocycles. The first kappa shape index (κ1) is 26.4. The van der Waals surface area contributed by atoms with Gasteiger partial charge in [-0.05, 0) is 38.0 Å². The number of hydrogen-bond acceptors (Lipinski definition) is 7. The number of rotatable bonds is 9.